The van der Waals surface area contributed by atoms with Gasteiger partial charge in [0.25, 0.3) is 0 Å². The number of methoxy groups -OCH3 is 1. The summed E-state index contributed by atoms with van der Waals surface area (Å²) in [4.78, 5) is 29.7. The second-order valence-electron chi connectivity index (χ2n) is 8.05. The van der Waals surface area contributed by atoms with Gasteiger partial charge in [0.2, 0.25) is 5.91 Å². The Morgan fingerprint density at radius 3 is 2.58 bits per heavy atom. The molecule has 0 spiro atoms. The zero-order valence-corrected chi connectivity index (χ0v) is 20.4. The Balaban J connectivity index is 1.70. The zero-order valence-electron chi connectivity index (χ0n) is 19.6. The zero-order chi connectivity index (χ0) is 23.6. The predicted molar refractivity (Wildman–Crippen MR) is 133 cm³/mol. The number of esters is 1. The number of anilines is 1. The summed E-state index contributed by atoms with van der Waals surface area (Å²) in [6.45, 7) is 4.59. The Labute approximate surface area is 199 Å². The van der Waals surface area contributed by atoms with Crippen LogP contribution in [0.15, 0.2) is 42.5 Å². The quantitative estimate of drug-likeness (QED) is 0.240. The average Bonchev–Trinajstić information content (AvgIpc) is 3.27. The predicted octanol–water partition coefficient (Wildman–Crippen LogP) is 6.56. The van der Waals surface area contributed by atoms with Gasteiger partial charge in [0.15, 0.2) is 0 Å². The first-order valence-corrected chi connectivity index (χ1v) is 12.4. The molecule has 3 rings (SSSR count). The number of fused-ring (bicyclic) bond motifs is 1. The smallest absolute Gasteiger partial charge is 0.337 e. The second kappa shape index (κ2) is 12.3. The van der Waals surface area contributed by atoms with Crippen molar-refractivity contribution in [1.82, 2.24) is 4.98 Å². The fourth-order valence-corrected chi connectivity index (χ4v) is 4.51. The number of aromatic nitrogens is 1. The first-order chi connectivity index (χ1) is 16.0. The van der Waals surface area contributed by atoms with E-state index in [-0.39, 0.29) is 5.91 Å². The third-order valence-corrected chi connectivity index (χ3v) is 6.71. The number of hydrogen-bond acceptors (Lipinski definition) is 6. The van der Waals surface area contributed by atoms with Crippen LogP contribution in [0.4, 0.5) is 5.69 Å². The molecule has 0 aliphatic heterocycles. The van der Waals surface area contributed by atoms with Crippen LogP contribution < -0.4 is 10.1 Å². The van der Waals surface area contributed by atoms with E-state index in [0.29, 0.717) is 23.6 Å². The lowest BCUT2D eigenvalue weighted by molar-refractivity contribution is -0.117. The van der Waals surface area contributed by atoms with Crippen molar-refractivity contribution in [3.05, 3.63) is 53.0 Å². The van der Waals surface area contributed by atoms with Crippen molar-refractivity contribution in [1.29, 1.82) is 0 Å². The summed E-state index contributed by atoms with van der Waals surface area (Å²) in [5.41, 5.74) is 1.70. The molecule has 6 nitrogen and oxygen atoms in total. The molecule has 2 aromatic carbocycles. The van der Waals surface area contributed by atoms with Crippen LogP contribution in [-0.4, -0.2) is 30.6 Å². The number of carbonyl (C=O) groups excluding carboxylic acids is 2. The number of rotatable bonds is 12. The van der Waals surface area contributed by atoms with Crippen molar-refractivity contribution in [2.24, 2.45) is 0 Å². The molecule has 3 aromatic rings. The molecule has 0 fully saturated rings. The molecule has 0 saturated heterocycles. The molecule has 1 aromatic heterocycles. The Bertz CT molecular complexity index is 1050. The Kier molecular flexibility index (Phi) is 9.24. The standard InChI is InChI=1S/C26H32N2O4S/c1-4-5-6-7-8-11-16-32-22-15-14-19(26(30)31-3)17-21(22)27-24(29)18(2)25-28-20-12-9-10-13-23(20)33-25/h9-10,12-15,17-18H,4-8,11,16H2,1-3H3,(H,27,29). The highest BCUT2D eigenvalue weighted by Crippen LogP contribution is 2.31. The average molecular weight is 469 g/mol. The van der Waals surface area contributed by atoms with E-state index in [1.807, 2.05) is 31.2 Å². The monoisotopic (exact) mass is 468 g/mol. The maximum absolute atomic E-state index is 13.1. The van der Waals surface area contributed by atoms with Crippen LogP contribution >= 0.6 is 11.3 Å². The number of benzene rings is 2. The minimum Gasteiger partial charge on any atom is -0.491 e. The van der Waals surface area contributed by atoms with Crippen molar-refractivity contribution in [2.75, 3.05) is 19.0 Å². The first kappa shape index (κ1) is 24.7. The summed E-state index contributed by atoms with van der Waals surface area (Å²) in [5, 5.41) is 3.68. The van der Waals surface area contributed by atoms with E-state index in [1.165, 1.54) is 44.1 Å². The van der Waals surface area contributed by atoms with Crippen molar-refractivity contribution < 1.29 is 19.1 Å². The lowest BCUT2D eigenvalue weighted by Crippen LogP contribution is -2.19. The largest absolute Gasteiger partial charge is 0.491 e. The molecular weight excluding hydrogens is 436 g/mol. The normalized spacial score (nSPS) is 11.8. The van der Waals surface area contributed by atoms with E-state index in [9.17, 15) is 9.59 Å². The van der Waals surface area contributed by atoms with Gasteiger partial charge in [-0.3, -0.25) is 4.79 Å². The summed E-state index contributed by atoms with van der Waals surface area (Å²) in [6, 6.07) is 12.8. The number of carbonyl (C=O) groups is 2. The first-order valence-electron chi connectivity index (χ1n) is 11.5. The summed E-state index contributed by atoms with van der Waals surface area (Å²) in [7, 11) is 1.33. The molecule has 1 heterocycles. The number of amides is 1. The third-order valence-electron chi connectivity index (χ3n) is 5.49. The van der Waals surface area contributed by atoms with Gasteiger partial charge < -0.3 is 14.8 Å². The number of hydrogen-bond donors (Lipinski definition) is 1. The van der Waals surface area contributed by atoms with Crippen molar-refractivity contribution in [3.63, 3.8) is 0 Å². The highest BCUT2D eigenvalue weighted by atomic mass is 32.1. The van der Waals surface area contributed by atoms with Crippen molar-refractivity contribution in [2.45, 2.75) is 58.3 Å². The maximum Gasteiger partial charge on any atom is 0.337 e. The molecular formula is C26H32N2O4S. The second-order valence-corrected chi connectivity index (χ2v) is 9.11. The van der Waals surface area contributed by atoms with Gasteiger partial charge in [-0.15, -0.1) is 11.3 Å². The van der Waals surface area contributed by atoms with E-state index in [1.54, 1.807) is 18.2 Å². The van der Waals surface area contributed by atoms with Crippen LogP contribution in [0.25, 0.3) is 10.2 Å². The van der Waals surface area contributed by atoms with Crippen molar-refractivity contribution >= 4 is 39.1 Å². The fraction of sp³-hybridized carbons (Fsp3) is 0.423. The van der Waals surface area contributed by atoms with Crippen LogP contribution in [0.5, 0.6) is 5.75 Å². The molecule has 7 heteroatoms. The molecule has 0 aliphatic carbocycles. The van der Waals surface area contributed by atoms with Crippen LogP contribution in [-0.2, 0) is 9.53 Å². The number of nitrogens with zero attached hydrogens (tertiary/aromatic N) is 1. The molecule has 0 bridgehead atoms. The molecule has 1 N–H and O–H groups in total. The molecule has 0 radical (unpaired) electrons. The van der Waals surface area contributed by atoms with Gasteiger partial charge in [-0.25, -0.2) is 9.78 Å². The van der Waals surface area contributed by atoms with Gasteiger partial charge in [0.1, 0.15) is 10.8 Å². The summed E-state index contributed by atoms with van der Waals surface area (Å²) in [5.74, 6) is -0.579. The molecule has 1 atom stereocenters. The third kappa shape index (κ3) is 6.78. The van der Waals surface area contributed by atoms with E-state index >= 15 is 0 Å². The van der Waals surface area contributed by atoms with E-state index in [0.717, 1.165) is 28.1 Å². The number of unbranched alkanes of at least 4 members (excludes halogenated alkanes) is 5. The molecule has 0 saturated carbocycles. The van der Waals surface area contributed by atoms with E-state index in [2.05, 4.69) is 17.2 Å². The minimum absolute atomic E-state index is 0.208. The van der Waals surface area contributed by atoms with Crippen LogP contribution in [0, 0.1) is 0 Å². The summed E-state index contributed by atoms with van der Waals surface area (Å²) >= 11 is 1.51. The fourth-order valence-electron chi connectivity index (χ4n) is 3.49. The molecule has 1 amide bonds. The van der Waals surface area contributed by atoms with Gasteiger partial charge in [-0.1, -0.05) is 51.2 Å². The summed E-state index contributed by atoms with van der Waals surface area (Å²) in [6.07, 6.45) is 6.98. The summed E-state index contributed by atoms with van der Waals surface area (Å²) < 4.78 is 11.8. The number of thiazole rings is 1. The van der Waals surface area contributed by atoms with Crippen LogP contribution in [0.2, 0.25) is 0 Å². The van der Waals surface area contributed by atoms with E-state index < -0.39 is 11.9 Å². The van der Waals surface area contributed by atoms with Gasteiger partial charge in [-0.2, -0.15) is 0 Å². The molecule has 176 valence electrons. The van der Waals surface area contributed by atoms with Crippen LogP contribution in [0.3, 0.4) is 0 Å². The van der Waals surface area contributed by atoms with Gasteiger partial charge in [0, 0.05) is 0 Å². The SMILES string of the molecule is CCCCCCCCOc1ccc(C(=O)OC)cc1NC(=O)C(C)c1nc2ccccc2s1. The topological polar surface area (TPSA) is 77.5 Å². The Morgan fingerprint density at radius 1 is 1.06 bits per heavy atom. The van der Waals surface area contributed by atoms with E-state index in [4.69, 9.17) is 9.47 Å². The number of ether oxygens (including phenoxy) is 2. The van der Waals surface area contributed by atoms with Crippen molar-refractivity contribution in [3.8, 4) is 5.75 Å². The highest BCUT2D eigenvalue weighted by Gasteiger charge is 2.21. The minimum atomic E-state index is -0.466. The Hall–Kier alpha value is -2.93. The Morgan fingerprint density at radius 2 is 1.82 bits per heavy atom. The maximum atomic E-state index is 13.1. The molecule has 33 heavy (non-hydrogen) atoms. The van der Waals surface area contributed by atoms with Gasteiger partial charge in [-0.05, 0) is 43.7 Å². The number of para-hydroxylation sites is 1. The van der Waals surface area contributed by atoms with Gasteiger partial charge >= 0.3 is 5.97 Å². The lowest BCUT2D eigenvalue weighted by Gasteiger charge is -2.15. The lowest BCUT2D eigenvalue weighted by atomic mass is 10.1. The number of nitrogens with one attached hydrogen (secondary N) is 1. The highest BCUT2D eigenvalue weighted by molar-refractivity contribution is 7.18. The van der Waals surface area contributed by atoms with Gasteiger partial charge in [0.05, 0.1) is 41.1 Å². The van der Waals surface area contributed by atoms with Crippen LogP contribution in [0.1, 0.15) is 73.7 Å². The molecule has 0 aliphatic rings. The molecule has 1 unspecified atom stereocenters.